The van der Waals surface area contributed by atoms with Gasteiger partial charge in [-0.3, -0.25) is 4.79 Å². The molecule has 0 aliphatic carbocycles. The van der Waals surface area contributed by atoms with Gasteiger partial charge in [-0.2, -0.15) is 0 Å². The van der Waals surface area contributed by atoms with Crippen LogP contribution in [0, 0.1) is 11.6 Å². The second-order valence-corrected chi connectivity index (χ2v) is 3.79. The summed E-state index contributed by atoms with van der Waals surface area (Å²) >= 11 is 5.67. The number of rotatable bonds is 2. The molecule has 0 unspecified atom stereocenters. The van der Waals surface area contributed by atoms with E-state index in [9.17, 15) is 13.6 Å². The van der Waals surface area contributed by atoms with Crippen molar-refractivity contribution in [2.45, 2.75) is 0 Å². The zero-order valence-electron chi connectivity index (χ0n) is 8.58. The third-order valence-corrected chi connectivity index (χ3v) is 2.70. The van der Waals surface area contributed by atoms with E-state index >= 15 is 0 Å². The molecular formula is C13H7ClF2O. The zero-order chi connectivity index (χ0) is 12.4. The molecule has 0 saturated heterocycles. The maximum absolute atomic E-state index is 13.4. The van der Waals surface area contributed by atoms with Crippen LogP contribution >= 0.6 is 11.6 Å². The predicted octanol–water partition coefficient (Wildman–Crippen LogP) is 3.85. The van der Waals surface area contributed by atoms with Crippen LogP contribution in [0.1, 0.15) is 15.9 Å². The third kappa shape index (κ3) is 2.19. The van der Waals surface area contributed by atoms with Gasteiger partial charge in [0.2, 0.25) is 0 Å². The van der Waals surface area contributed by atoms with Gasteiger partial charge in [-0.15, -0.1) is 0 Å². The largest absolute Gasteiger partial charge is 0.288 e. The summed E-state index contributed by atoms with van der Waals surface area (Å²) in [7, 11) is 0. The fourth-order valence-corrected chi connectivity index (χ4v) is 1.68. The lowest BCUT2D eigenvalue weighted by Crippen LogP contribution is -2.05. The molecule has 0 spiro atoms. The fourth-order valence-electron chi connectivity index (χ4n) is 1.47. The first-order chi connectivity index (χ1) is 8.11. The molecule has 0 N–H and O–H groups in total. The molecule has 86 valence electrons. The molecule has 0 saturated carbocycles. The van der Waals surface area contributed by atoms with Crippen molar-refractivity contribution in [2.75, 3.05) is 0 Å². The SMILES string of the molecule is O=C(c1ccccc1F)c1cccc(F)c1Cl. The van der Waals surface area contributed by atoms with E-state index in [2.05, 4.69) is 0 Å². The van der Waals surface area contributed by atoms with Gasteiger partial charge in [-0.1, -0.05) is 29.8 Å². The molecule has 2 rings (SSSR count). The van der Waals surface area contributed by atoms with E-state index in [1.807, 2.05) is 0 Å². The molecular weight excluding hydrogens is 246 g/mol. The summed E-state index contributed by atoms with van der Waals surface area (Å²) in [4.78, 5) is 11.9. The lowest BCUT2D eigenvalue weighted by atomic mass is 10.0. The summed E-state index contributed by atoms with van der Waals surface area (Å²) in [5.41, 5.74) is -0.170. The van der Waals surface area contributed by atoms with Crippen LogP contribution in [0.5, 0.6) is 0 Å². The zero-order valence-corrected chi connectivity index (χ0v) is 9.34. The average Bonchev–Trinajstić information content (AvgIpc) is 2.32. The van der Waals surface area contributed by atoms with Gasteiger partial charge in [0, 0.05) is 5.56 Å². The number of benzene rings is 2. The lowest BCUT2D eigenvalue weighted by molar-refractivity contribution is 0.103. The van der Waals surface area contributed by atoms with Crippen molar-refractivity contribution in [1.29, 1.82) is 0 Å². The minimum atomic E-state index is -0.700. The van der Waals surface area contributed by atoms with Gasteiger partial charge < -0.3 is 0 Å². The topological polar surface area (TPSA) is 17.1 Å². The van der Waals surface area contributed by atoms with Gasteiger partial charge >= 0.3 is 0 Å². The van der Waals surface area contributed by atoms with Gasteiger partial charge in [-0.25, -0.2) is 8.78 Å². The molecule has 0 heterocycles. The Balaban J connectivity index is 2.52. The van der Waals surface area contributed by atoms with Crippen molar-refractivity contribution in [3.05, 3.63) is 70.2 Å². The Bertz CT molecular complexity index is 581. The summed E-state index contributed by atoms with van der Waals surface area (Å²) in [6.45, 7) is 0. The van der Waals surface area contributed by atoms with Crippen molar-refractivity contribution in [2.24, 2.45) is 0 Å². The summed E-state index contributed by atoms with van der Waals surface area (Å²) in [5.74, 6) is -1.99. The van der Waals surface area contributed by atoms with Gasteiger partial charge in [0.1, 0.15) is 11.6 Å². The number of carbonyl (C=O) groups excluding carboxylic acids is 1. The maximum Gasteiger partial charge on any atom is 0.197 e. The van der Waals surface area contributed by atoms with E-state index in [1.54, 1.807) is 0 Å². The first-order valence-electron chi connectivity index (χ1n) is 4.84. The Hall–Kier alpha value is -1.74. The number of hydrogen-bond donors (Lipinski definition) is 0. The van der Waals surface area contributed by atoms with Crippen molar-refractivity contribution >= 4 is 17.4 Å². The molecule has 0 aliphatic rings. The monoisotopic (exact) mass is 252 g/mol. The van der Waals surface area contributed by atoms with Crippen molar-refractivity contribution in [1.82, 2.24) is 0 Å². The summed E-state index contributed by atoms with van der Waals surface area (Å²) in [6, 6.07) is 9.36. The minimum Gasteiger partial charge on any atom is -0.288 e. The molecule has 0 aliphatic heterocycles. The molecule has 0 bridgehead atoms. The highest BCUT2D eigenvalue weighted by Crippen LogP contribution is 2.23. The van der Waals surface area contributed by atoms with E-state index in [0.717, 1.165) is 6.07 Å². The van der Waals surface area contributed by atoms with E-state index in [-0.39, 0.29) is 16.1 Å². The van der Waals surface area contributed by atoms with Crippen LogP contribution in [0.15, 0.2) is 42.5 Å². The van der Waals surface area contributed by atoms with Gasteiger partial charge in [0.15, 0.2) is 5.78 Å². The summed E-state index contributed by atoms with van der Waals surface area (Å²) in [5, 5.41) is -0.291. The van der Waals surface area contributed by atoms with E-state index in [4.69, 9.17) is 11.6 Å². The van der Waals surface area contributed by atoms with E-state index in [1.165, 1.54) is 36.4 Å². The van der Waals surface area contributed by atoms with Crippen LogP contribution in [0.3, 0.4) is 0 Å². The molecule has 0 aromatic heterocycles. The molecule has 1 nitrogen and oxygen atoms in total. The van der Waals surface area contributed by atoms with Crippen molar-refractivity contribution in [3.8, 4) is 0 Å². The highest BCUT2D eigenvalue weighted by molar-refractivity contribution is 6.35. The normalized spacial score (nSPS) is 10.3. The molecule has 17 heavy (non-hydrogen) atoms. The molecule has 0 atom stereocenters. The Morgan fingerprint density at radius 2 is 1.47 bits per heavy atom. The Labute approximate surface area is 102 Å². The number of carbonyl (C=O) groups is 1. The predicted molar refractivity (Wildman–Crippen MR) is 61.2 cm³/mol. The summed E-state index contributed by atoms with van der Waals surface area (Å²) in [6.07, 6.45) is 0. The van der Waals surface area contributed by atoms with Gasteiger partial charge in [0.25, 0.3) is 0 Å². The second kappa shape index (κ2) is 4.63. The van der Waals surface area contributed by atoms with Crippen molar-refractivity contribution < 1.29 is 13.6 Å². The molecule has 0 radical (unpaired) electrons. The first kappa shape index (κ1) is 11.7. The molecule has 4 heteroatoms. The smallest absolute Gasteiger partial charge is 0.197 e. The first-order valence-corrected chi connectivity index (χ1v) is 5.22. The number of ketones is 1. The average molecular weight is 253 g/mol. The van der Waals surface area contributed by atoms with Gasteiger partial charge in [0.05, 0.1) is 10.6 Å². The highest BCUT2D eigenvalue weighted by Gasteiger charge is 2.17. The Morgan fingerprint density at radius 3 is 2.18 bits per heavy atom. The van der Waals surface area contributed by atoms with Crippen molar-refractivity contribution in [3.63, 3.8) is 0 Å². The molecule has 0 amide bonds. The molecule has 0 fully saturated rings. The Kier molecular flexibility index (Phi) is 3.20. The van der Waals surface area contributed by atoms with Gasteiger partial charge in [-0.05, 0) is 24.3 Å². The van der Waals surface area contributed by atoms with Crippen LogP contribution in [0.2, 0.25) is 5.02 Å². The van der Waals surface area contributed by atoms with Crippen LogP contribution in [-0.2, 0) is 0 Å². The standard InChI is InChI=1S/C13H7ClF2O/c14-12-9(5-3-7-11(12)16)13(17)8-4-1-2-6-10(8)15/h1-7H. The Morgan fingerprint density at radius 1 is 0.882 bits per heavy atom. The van der Waals surface area contributed by atoms with E-state index in [0.29, 0.717) is 0 Å². The maximum atomic E-state index is 13.4. The molecule has 2 aromatic carbocycles. The number of hydrogen-bond acceptors (Lipinski definition) is 1. The quantitative estimate of drug-likeness (QED) is 0.742. The van der Waals surface area contributed by atoms with Crippen LogP contribution < -0.4 is 0 Å². The molecule has 2 aromatic rings. The fraction of sp³-hybridized carbons (Fsp3) is 0. The van der Waals surface area contributed by atoms with Crippen LogP contribution in [0.4, 0.5) is 8.78 Å². The van der Waals surface area contributed by atoms with E-state index < -0.39 is 17.4 Å². The minimum absolute atomic E-state index is 0.0447. The highest BCUT2D eigenvalue weighted by atomic mass is 35.5. The third-order valence-electron chi connectivity index (χ3n) is 2.31. The second-order valence-electron chi connectivity index (χ2n) is 3.41. The summed E-state index contributed by atoms with van der Waals surface area (Å²) < 4.78 is 26.6. The lowest BCUT2D eigenvalue weighted by Gasteiger charge is -2.05. The van der Waals surface area contributed by atoms with Crippen LogP contribution in [0.25, 0.3) is 0 Å². The van der Waals surface area contributed by atoms with Crippen LogP contribution in [-0.4, -0.2) is 5.78 Å². The number of halogens is 3.